The smallest absolute Gasteiger partial charge is 0.293 e. The molecule has 0 aromatic heterocycles. The molecule has 1 aliphatic rings. The van der Waals surface area contributed by atoms with E-state index in [1.54, 1.807) is 31.4 Å². The fourth-order valence-electron chi connectivity index (χ4n) is 3.45. The van der Waals surface area contributed by atoms with Crippen LogP contribution in [0.25, 0.3) is 6.08 Å². The lowest BCUT2D eigenvalue weighted by atomic mass is 10.1. The van der Waals surface area contributed by atoms with E-state index in [-0.39, 0.29) is 23.5 Å². The average molecular weight is 589 g/mol. The molecule has 8 heteroatoms. The number of hydrogen-bond acceptors (Lipinski definition) is 5. The maximum atomic E-state index is 13.2. The largest absolute Gasteiger partial charge is 0.493 e. The Balaban J connectivity index is 1.53. The number of thioether (sulfide) groups is 1. The van der Waals surface area contributed by atoms with Crippen LogP contribution < -0.4 is 9.47 Å². The summed E-state index contributed by atoms with van der Waals surface area (Å²) in [7, 11) is 1.56. The van der Waals surface area contributed by atoms with Crippen LogP contribution in [0.5, 0.6) is 11.5 Å². The van der Waals surface area contributed by atoms with Crippen LogP contribution >= 0.6 is 34.4 Å². The van der Waals surface area contributed by atoms with Crippen molar-refractivity contribution >= 4 is 51.6 Å². The highest BCUT2D eigenvalue weighted by Gasteiger charge is 2.35. The van der Waals surface area contributed by atoms with Crippen LogP contribution in [0, 0.1) is 16.3 Å². The van der Waals surface area contributed by atoms with Gasteiger partial charge in [0.15, 0.2) is 11.5 Å². The first-order valence-electron chi connectivity index (χ1n) is 10.4. The minimum atomic E-state index is -0.381. The van der Waals surface area contributed by atoms with Crippen molar-refractivity contribution in [3.63, 3.8) is 0 Å². The SMILES string of the molecule is COc1cc(/C=C2\SC(=O)N(Cc3ccc(F)cc3)C2=O)cc(I)c1OCc1ccccc1C. The minimum absolute atomic E-state index is 0.0921. The normalized spacial score (nSPS) is 14.7. The molecule has 0 radical (unpaired) electrons. The second-order valence-electron chi connectivity index (χ2n) is 7.64. The molecule has 174 valence electrons. The zero-order chi connectivity index (χ0) is 24.2. The third-order valence-corrected chi connectivity index (χ3v) is 7.02. The summed E-state index contributed by atoms with van der Waals surface area (Å²) < 4.78 is 25.6. The number of halogens is 2. The van der Waals surface area contributed by atoms with Gasteiger partial charge in [0.1, 0.15) is 12.4 Å². The summed E-state index contributed by atoms with van der Waals surface area (Å²) in [6.45, 7) is 2.53. The molecule has 3 aromatic carbocycles. The third-order valence-electron chi connectivity index (χ3n) is 5.31. The van der Waals surface area contributed by atoms with E-state index >= 15 is 0 Å². The summed E-state index contributed by atoms with van der Waals surface area (Å²) in [5.41, 5.74) is 3.62. The molecule has 1 saturated heterocycles. The minimum Gasteiger partial charge on any atom is -0.493 e. The van der Waals surface area contributed by atoms with Crippen molar-refractivity contribution in [3.05, 3.63) is 97.2 Å². The van der Waals surface area contributed by atoms with Crippen molar-refractivity contribution in [1.29, 1.82) is 0 Å². The van der Waals surface area contributed by atoms with E-state index in [0.717, 1.165) is 36.9 Å². The molecule has 0 bridgehead atoms. The Labute approximate surface area is 215 Å². The lowest BCUT2D eigenvalue weighted by Gasteiger charge is -2.15. The van der Waals surface area contributed by atoms with E-state index < -0.39 is 0 Å². The van der Waals surface area contributed by atoms with E-state index in [2.05, 4.69) is 22.6 Å². The molecule has 2 amide bonds. The van der Waals surface area contributed by atoms with E-state index in [1.165, 1.54) is 12.1 Å². The summed E-state index contributed by atoms with van der Waals surface area (Å²) in [6, 6.07) is 17.4. The summed E-state index contributed by atoms with van der Waals surface area (Å²) in [6.07, 6.45) is 1.67. The van der Waals surface area contributed by atoms with Gasteiger partial charge in [0.25, 0.3) is 11.1 Å². The number of hydrogen-bond donors (Lipinski definition) is 0. The Hall–Kier alpha value is -2.85. The molecule has 34 heavy (non-hydrogen) atoms. The molecule has 0 spiro atoms. The van der Waals surface area contributed by atoms with Crippen molar-refractivity contribution < 1.29 is 23.5 Å². The van der Waals surface area contributed by atoms with Gasteiger partial charge in [-0.25, -0.2) is 4.39 Å². The number of amides is 2. The van der Waals surface area contributed by atoms with E-state index in [0.29, 0.717) is 28.6 Å². The molecule has 3 aromatic rings. The molecule has 0 unspecified atom stereocenters. The molecule has 0 atom stereocenters. The highest BCUT2D eigenvalue weighted by atomic mass is 127. The van der Waals surface area contributed by atoms with Gasteiger partial charge in [-0.1, -0.05) is 36.4 Å². The Bertz CT molecular complexity index is 1280. The van der Waals surface area contributed by atoms with Gasteiger partial charge in [-0.3, -0.25) is 14.5 Å². The summed E-state index contributed by atoms with van der Waals surface area (Å²) in [5.74, 6) is 0.408. The van der Waals surface area contributed by atoms with Crippen LogP contribution in [-0.4, -0.2) is 23.2 Å². The number of methoxy groups -OCH3 is 1. The number of rotatable bonds is 7. The zero-order valence-electron chi connectivity index (χ0n) is 18.5. The summed E-state index contributed by atoms with van der Waals surface area (Å²) >= 11 is 3.05. The highest BCUT2D eigenvalue weighted by Crippen LogP contribution is 2.38. The van der Waals surface area contributed by atoms with Gasteiger partial charge in [-0.15, -0.1) is 0 Å². The maximum Gasteiger partial charge on any atom is 0.293 e. The first-order chi connectivity index (χ1) is 16.4. The van der Waals surface area contributed by atoms with Crippen molar-refractivity contribution in [2.45, 2.75) is 20.1 Å². The fourth-order valence-corrected chi connectivity index (χ4v) is 5.06. The van der Waals surface area contributed by atoms with Crippen molar-refractivity contribution in [2.75, 3.05) is 7.11 Å². The number of carbonyl (C=O) groups is 2. The Morgan fingerprint density at radius 1 is 1.09 bits per heavy atom. The third kappa shape index (κ3) is 5.44. The van der Waals surface area contributed by atoms with Crippen LogP contribution in [0.4, 0.5) is 9.18 Å². The highest BCUT2D eigenvalue weighted by molar-refractivity contribution is 14.1. The molecule has 0 saturated carbocycles. The van der Waals surface area contributed by atoms with Gasteiger partial charge in [0.2, 0.25) is 0 Å². The Morgan fingerprint density at radius 3 is 2.53 bits per heavy atom. The first-order valence-corrected chi connectivity index (χ1v) is 12.3. The van der Waals surface area contributed by atoms with Gasteiger partial charge in [-0.2, -0.15) is 0 Å². The number of ether oxygens (including phenoxy) is 2. The lowest BCUT2D eigenvalue weighted by Crippen LogP contribution is -2.27. The Morgan fingerprint density at radius 2 is 1.82 bits per heavy atom. The molecular formula is C26H21FINO4S. The van der Waals surface area contributed by atoms with Gasteiger partial charge in [0, 0.05) is 0 Å². The van der Waals surface area contributed by atoms with Gasteiger partial charge >= 0.3 is 0 Å². The standard InChI is InChI=1S/C26H21FINO4S/c1-16-5-3-4-6-19(16)15-33-24-21(28)11-18(12-22(24)32-2)13-23-25(30)29(26(31)34-23)14-17-7-9-20(27)10-8-17/h3-13H,14-15H2,1-2H3/b23-13-. The molecular weight excluding hydrogens is 568 g/mol. The molecule has 1 aliphatic heterocycles. The first kappa shape index (κ1) is 24.3. The second-order valence-corrected chi connectivity index (χ2v) is 9.80. The van der Waals surface area contributed by atoms with Crippen molar-refractivity contribution in [3.8, 4) is 11.5 Å². The predicted octanol–water partition coefficient (Wildman–Crippen LogP) is 6.56. The maximum absolute atomic E-state index is 13.2. The number of nitrogens with zero attached hydrogens (tertiary/aromatic N) is 1. The number of carbonyl (C=O) groups excluding carboxylic acids is 2. The molecule has 5 nitrogen and oxygen atoms in total. The van der Waals surface area contributed by atoms with Gasteiger partial charge in [-0.05, 0) is 93.9 Å². The van der Waals surface area contributed by atoms with E-state index in [1.807, 2.05) is 37.3 Å². The zero-order valence-corrected chi connectivity index (χ0v) is 21.5. The van der Waals surface area contributed by atoms with Crippen molar-refractivity contribution in [2.24, 2.45) is 0 Å². The van der Waals surface area contributed by atoms with Crippen LogP contribution in [0.1, 0.15) is 22.3 Å². The topological polar surface area (TPSA) is 55.8 Å². The molecule has 1 fully saturated rings. The van der Waals surface area contributed by atoms with Crippen LogP contribution in [-0.2, 0) is 17.9 Å². The van der Waals surface area contributed by atoms with E-state index in [4.69, 9.17) is 9.47 Å². The average Bonchev–Trinajstić information content (AvgIpc) is 3.07. The van der Waals surface area contributed by atoms with Gasteiger partial charge in [0.05, 0.1) is 22.1 Å². The van der Waals surface area contributed by atoms with E-state index in [9.17, 15) is 14.0 Å². The quantitative estimate of drug-likeness (QED) is 0.231. The number of aryl methyl sites for hydroxylation is 1. The molecule has 0 aliphatic carbocycles. The molecule has 1 heterocycles. The van der Waals surface area contributed by atoms with Gasteiger partial charge < -0.3 is 9.47 Å². The Kier molecular flexibility index (Phi) is 7.57. The summed E-state index contributed by atoms with van der Waals surface area (Å²) in [5, 5.41) is -0.361. The molecule has 0 N–H and O–H groups in total. The van der Waals surface area contributed by atoms with Crippen LogP contribution in [0.3, 0.4) is 0 Å². The molecule has 4 rings (SSSR count). The number of benzene rings is 3. The van der Waals surface area contributed by atoms with Crippen LogP contribution in [0.2, 0.25) is 0 Å². The fraction of sp³-hybridized carbons (Fsp3) is 0.154. The lowest BCUT2D eigenvalue weighted by molar-refractivity contribution is -0.123. The van der Waals surface area contributed by atoms with Crippen LogP contribution in [0.15, 0.2) is 65.6 Å². The predicted molar refractivity (Wildman–Crippen MR) is 139 cm³/mol. The second kappa shape index (κ2) is 10.6. The van der Waals surface area contributed by atoms with Crippen molar-refractivity contribution in [1.82, 2.24) is 4.90 Å². The monoisotopic (exact) mass is 589 g/mol. The number of imide groups is 1. The summed E-state index contributed by atoms with van der Waals surface area (Å²) in [4.78, 5) is 26.8.